The van der Waals surface area contributed by atoms with Gasteiger partial charge in [0.2, 0.25) is 0 Å². The first-order chi connectivity index (χ1) is 13.6. The molecule has 4 rings (SSSR count). The number of nitrogens with zero attached hydrogens (tertiary/aromatic N) is 3. The van der Waals surface area contributed by atoms with Gasteiger partial charge in [-0.05, 0) is 55.0 Å². The molecule has 0 unspecified atom stereocenters. The van der Waals surface area contributed by atoms with Gasteiger partial charge in [0.05, 0.1) is 11.2 Å². The average Bonchev–Trinajstić information content (AvgIpc) is 2.71. The summed E-state index contributed by atoms with van der Waals surface area (Å²) in [5, 5.41) is 15.8. The maximum Gasteiger partial charge on any atom is 0.276 e. The lowest BCUT2D eigenvalue weighted by atomic mass is 10.2. The molecule has 0 spiro atoms. The highest BCUT2D eigenvalue weighted by Crippen LogP contribution is 2.23. The molecule has 6 nitrogen and oxygen atoms in total. The Labute approximate surface area is 166 Å². The number of pyridine rings is 1. The summed E-state index contributed by atoms with van der Waals surface area (Å²) in [6.07, 6.45) is 1.69. The number of fused-ring (bicyclic) bond motifs is 1. The molecule has 0 radical (unpaired) electrons. The van der Waals surface area contributed by atoms with Crippen LogP contribution in [0.3, 0.4) is 0 Å². The Morgan fingerprint density at radius 2 is 1.82 bits per heavy atom. The Bertz CT molecular complexity index is 1160. The number of nitrogens with one attached hydrogen (secondary N) is 2. The van der Waals surface area contributed by atoms with Crippen LogP contribution in [-0.4, -0.2) is 21.1 Å². The van der Waals surface area contributed by atoms with Crippen LogP contribution >= 0.6 is 11.6 Å². The van der Waals surface area contributed by atoms with E-state index in [1.807, 2.05) is 43.3 Å². The maximum atomic E-state index is 12.5. The number of hydrogen-bond donors (Lipinski definition) is 2. The Morgan fingerprint density at radius 3 is 2.61 bits per heavy atom. The molecule has 0 aliphatic rings. The van der Waals surface area contributed by atoms with Gasteiger partial charge in [-0.15, -0.1) is 10.2 Å². The number of anilines is 3. The van der Waals surface area contributed by atoms with Gasteiger partial charge in [0.1, 0.15) is 0 Å². The smallest absolute Gasteiger partial charge is 0.276 e. The van der Waals surface area contributed by atoms with Crippen LogP contribution in [0.4, 0.5) is 17.2 Å². The van der Waals surface area contributed by atoms with Crippen molar-refractivity contribution in [2.45, 2.75) is 6.92 Å². The van der Waals surface area contributed by atoms with E-state index in [1.165, 1.54) is 0 Å². The average molecular weight is 390 g/mol. The second-order valence-corrected chi connectivity index (χ2v) is 6.66. The van der Waals surface area contributed by atoms with Crippen LogP contribution < -0.4 is 10.6 Å². The second-order valence-electron chi connectivity index (χ2n) is 6.22. The summed E-state index contributed by atoms with van der Waals surface area (Å²) in [4.78, 5) is 16.9. The molecule has 0 saturated carbocycles. The molecule has 2 N–H and O–H groups in total. The zero-order valence-corrected chi connectivity index (χ0v) is 15.7. The minimum absolute atomic E-state index is 0.214. The number of hydrogen-bond acceptors (Lipinski definition) is 5. The van der Waals surface area contributed by atoms with Crippen molar-refractivity contribution in [2.75, 3.05) is 10.6 Å². The van der Waals surface area contributed by atoms with E-state index < -0.39 is 0 Å². The van der Waals surface area contributed by atoms with Crippen molar-refractivity contribution in [1.82, 2.24) is 15.2 Å². The fourth-order valence-corrected chi connectivity index (χ4v) is 3.04. The predicted molar refractivity (Wildman–Crippen MR) is 111 cm³/mol. The van der Waals surface area contributed by atoms with Gasteiger partial charge in [-0.1, -0.05) is 29.8 Å². The number of carbonyl (C=O) groups is 1. The molecule has 28 heavy (non-hydrogen) atoms. The van der Waals surface area contributed by atoms with Crippen molar-refractivity contribution in [3.63, 3.8) is 0 Å². The van der Waals surface area contributed by atoms with Gasteiger partial charge < -0.3 is 10.6 Å². The minimum atomic E-state index is -0.347. The quantitative estimate of drug-likeness (QED) is 0.514. The molecule has 1 amide bonds. The lowest BCUT2D eigenvalue weighted by Crippen LogP contribution is -2.15. The molecule has 0 bridgehead atoms. The molecule has 0 fully saturated rings. The molecule has 138 valence electrons. The molecule has 2 aromatic carbocycles. The van der Waals surface area contributed by atoms with E-state index in [4.69, 9.17) is 11.6 Å². The van der Waals surface area contributed by atoms with E-state index >= 15 is 0 Å². The van der Waals surface area contributed by atoms with Crippen LogP contribution in [0, 0.1) is 6.92 Å². The van der Waals surface area contributed by atoms with Crippen LogP contribution in [0.15, 0.2) is 66.9 Å². The van der Waals surface area contributed by atoms with E-state index in [1.54, 1.807) is 30.5 Å². The van der Waals surface area contributed by atoms with Crippen molar-refractivity contribution in [1.29, 1.82) is 0 Å². The van der Waals surface area contributed by atoms with Gasteiger partial charge in [-0.25, -0.2) is 0 Å². The summed E-state index contributed by atoms with van der Waals surface area (Å²) >= 11 is 5.97. The Morgan fingerprint density at radius 1 is 0.964 bits per heavy atom. The van der Waals surface area contributed by atoms with Gasteiger partial charge in [-0.2, -0.15) is 0 Å². The molecule has 2 heterocycles. The van der Waals surface area contributed by atoms with E-state index in [9.17, 15) is 4.79 Å². The van der Waals surface area contributed by atoms with Crippen molar-refractivity contribution in [3.05, 3.63) is 83.1 Å². The van der Waals surface area contributed by atoms with Crippen molar-refractivity contribution in [2.24, 2.45) is 0 Å². The summed E-state index contributed by atoms with van der Waals surface area (Å²) in [6.45, 7) is 1.95. The summed E-state index contributed by atoms with van der Waals surface area (Å²) < 4.78 is 0. The molecule has 0 atom stereocenters. The first-order valence-corrected chi connectivity index (χ1v) is 9.00. The van der Waals surface area contributed by atoms with Crippen LogP contribution in [0.2, 0.25) is 5.02 Å². The predicted octanol–water partition coefficient (Wildman–Crippen LogP) is 4.98. The van der Waals surface area contributed by atoms with Crippen LogP contribution in [0.1, 0.15) is 16.1 Å². The zero-order chi connectivity index (χ0) is 19.5. The highest BCUT2D eigenvalue weighted by atomic mass is 35.5. The highest BCUT2D eigenvalue weighted by molar-refractivity contribution is 6.30. The number of aromatic nitrogens is 3. The monoisotopic (exact) mass is 389 g/mol. The lowest BCUT2D eigenvalue weighted by Gasteiger charge is -2.10. The fraction of sp³-hybridized carbons (Fsp3) is 0.0476. The number of carbonyl (C=O) groups excluding carboxylic acids is 1. The Hall–Kier alpha value is -3.51. The molecule has 0 saturated heterocycles. The SMILES string of the molecule is Cc1cc(Cl)ccc1Nc1ccc(C(=O)Nc2cccc3cccnc23)nn1. The third-order valence-corrected chi connectivity index (χ3v) is 4.46. The summed E-state index contributed by atoms with van der Waals surface area (Å²) in [5.41, 5.74) is 3.43. The molecule has 0 aliphatic carbocycles. The number of rotatable bonds is 4. The summed E-state index contributed by atoms with van der Waals surface area (Å²) in [7, 11) is 0. The molecule has 2 aromatic heterocycles. The number of aryl methyl sites for hydroxylation is 1. The Balaban J connectivity index is 1.51. The first-order valence-electron chi connectivity index (χ1n) is 8.62. The number of para-hydroxylation sites is 1. The Kier molecular flexibility index (Phi) is 4.87. The van der Waals surface area contributed by atoms with E-state index in [0.717, 1.165) is 22.2 Å². The number of halogens is 1. The standard InChI is InChI=1S/C21H16ClN5O/c1-13-12-15(22)7-8-16(13)24-19-10-9-18(26-27-19)21(28)25-17-6-2-4-14-5-3-11-23-20(14)17/h2-12H,1H3,(H,24,27)(H,25,28). The van der Waals surface area contributed by atoms with E-state index in [0.29, 0.717) is 16.5 Å². The number of benzene rings is 2. The van der Waals surface area contributed by atoms with Gasteiger partial charge in [0.15, 0.2) is 11.5 Å². The van der Waals surface area contributed by atoms with Gasteiger partial charge >= 0.3 is 0 Å². The van der Waals surface area contributed by atoms with Crippen LogP contribution in [0.25, 0.3) is 10.9 Å². The van der Waals surface area contributed by atoms with Crippen LogP contribution in [0.5, 0.6) is 0 Å². The maximum absolute atomic E-state index is 12.5. The largest absolute Gasteiger partial charge is 0.339 e. The normalized spacial score (nSPS) is 10.6. The molecule has 7 heteroatoms. The van der Waals surface area contributed by atoms with E-state index in [-0.39, 0.29) is 11.6 Å². The third kappa shape index (κ3) is 3.77. The molecule has 4 aromatic rings. The van der Waals surface area contributed by atoms with Gasteiger partial charge in [-0.3, -0.25) is 9.78 Å². The first kappa shape index (κ1) is 17.9. The van der Waals surface area contributed by atoms with Gasteiger partial charge in [0, 0.05) is 22.3 Å². The van der Waals surface area contributed by atoms with Gasteiger partial charge in [0.25, 0.3) is 5.91 Å². The molecular formula is C21H16ClN5O. The summed E-state index contributed by atoms with van der Waals surface area (Å²) in [6, 6.07) is 18.3. The third-order valence-electron chi connectivity index (χ3n) is 4.23. The zero-order valence-electron chi connectivity index (χ0n) is 15.0. The van der Waals surface area contributed by atoms with Crippen molar-refractivity contribution >= 4 is 45.6 Å². The van der Waals surface area contributed by atoms with E-state index in [2.05, 4.69) is 25.8 Å². The molecular weight excluding hydrogens is 374 g/mol. The topological polar surface area (TPSA) is 79.8 Å². The lowest BCUT2D eigenvalue weighted by molar-refractivity contribution is 0.102. The van der Waals surface area contributed by atoms with Crippen molar-refractivity contribution < 1.29 is 4.79 Å². The molecule has 0 aliphatic heterocycles. The fourth-order valence-electron chi connectivity index (χ4n) is 2.82. The highest BCUT2D eigenvalue weighted by Gasteiger charge is 2.11. The number of amides is 1. The second kappa shape index (κ2) is 7.62. The summed E-state index contributed by atoms with van der Waals surface area (Å²) in [5.74, 6) is 0.189. The van der Waals surface area contributed by atoms with Crippen LogP contribution in [-0.2, 0) is 0 Å². The van der Waals surface area contributed by atoms with Crippen molar-refractivity contribution in [3.8, 4) is 0 Å². The minimum Gasteiger partial charge on any atom is -0.339 e.